The number of hydrogen-bond acceptors (Lipinski definition) is 1. The van der Waals surface area contributed by atoms with Gasteiger partial charge in [-0.25, -0.2) is 0 Å². The Labute approximate surface area is 115 Å². The quantitative estimate of drug-likeness (QED) is 0.784. The lowest BCUT2D eigenvalue weighted by Gasteiger charge is -2.30. The van der Waals surface area contributed by atoms with Gasteiger partial charge in [0, 0.05) is 17.4 Å². The van der Waals surface area contributed by atoms with Crippen molar-refractivity contribution in [2.75, 3.05) is 0 Å². The number of ketones is 1. The van der Waals surface area contributed by atoms with E-state index in [9.17, 15) is 4.79 Å². The summed E-state index contributed by atoms with van der Waals surface area (Å²) in [6, 6.07) is 7.66. The highest BCUT2D eigenvalue weighted by Crippen LogP contribution is 2.34. The molecule has 2 atom stereocenters. The largest absolute Gasteiger partial charge is 0.299 e. The molecule has 98 valence electrons. The molecule has 0 spiro atoms. The van der Waals surface area contributed by atoms with Crippen LogP contribution in [0.5, 0.6) is 0 Å². The second kappa shape index (κ2) is 5.88. The van der Waals surface area contributed by atoms with Crippen LogP contribution in [0.15, 0.2) is 24.3 Å². The third kappa shape index (κ3) is 3.35. The lowest BCUT2D eigenvalue weighted by molar-refractivity contribution is -0.124. The first kappa shape index (κ1) is 13.6. The maximum atomic E-state index is 12.4. The highest BCUT2D eigenvalue weighted by molar-refractivity contribution is 6.31. The first-order valence-electron chi connectivity index (χ1n) is 6.82. The highest BCUT2D eigenvalue weighted by Gasteiger charge is 2.28. The average molecular weight is 265 g/mol. The van der Waals surface area contributed by atoms with E-state index >= 15 is 0 Å². The van der Waals surface area contributed by atoms with E-state index in [4.69, 9.17) is 11.6 Å². The molecule has 0 amide bonds. The van der Waals surface area contributed by atoms with E-state index < -0.39 is 0 Å². The molecular formula is C16H21ClO. The van der Waals surface area contributed by atoms with Gasteiger partial charge in [0.15, 0.2) is 0 Å². The first-order chi connectivity index (χ1) is 8.56. The van der Waals surface area contributed by atoms with Gasteiger partial charge < -0.3 is 0 Å². The fourth-order valence-electron chi connectivity index (χ4n) is 3.18. The van der Waals surface area contributed by atoms with E-state index in [2.05, 4.69) is 13.8 Å². The second-order valence-corrected chi connectivity index (χ2v) is 6.26. The topological polar surface area (TPSA) is 17.1 Å². The highest BCUT2D eigenvalue weighted by atomic mass is 35.5. The molecule has 18 heavy (non-hydrogen) atoms. The fourth-order valence-corrected chi connectivity index (χ4v) is 3.39. The summed E-state index contributed by atoms with van der Waals surface area (Å²) >= 11 is 6.11. The van der Waals surface area contributed by atoms with E-state index in [1.807, 2.05) is 24.3 Å². The van der Waals surface area contributed by atoms with Crippen LogP contribution in [0.2, 0.25) is 5.02 Å². The summed E-state index contributed by atoms with van der Waals surface area (Å²) < 4.78 is 0. The summed E-state index contributed by atoms with van der Waals surface area (Å²) in [6.45, 7) is 4.51. The molecule has 0 N–H and O–H groups in total. The molecule has 1 nitrogen and oxygen atoms in total. The van der Waals surface area contributed by atoms with Crippen molar-refractivity contribution in [3.63, 3.8) is 0 Å². The Hall–Kier alpha value is -0.820. The maximum absolute atomic E-state index is 12.4. The zero-order valence-electron chi connectivity index (χ0n) is 11.2. The number of rotatable bonds is 3. The normalized spacial score (nSPS) is 28.1. The Morgan fingerprint density at radius 3 is 2.39 bits per heavy atom. The number of carbonyl (C=O) groups is 1. The van der Waals surface area contributed by atoms with Crippen molar-refractivity contribution >= 4 is 17.4 Å². The molecule has 1 fully saturated rings. The van der Waals surface area contributed by atoms with Crippen molar-refractivity contribution in [1.82, 2.24) is 0 Å². The summed E-state index contributed by atoms with van der Waals surface area (Å²) in [4.78, 5) is 12.4. The zero-order valence-corrected chi connectivity index (χ0v) is 11.9. The van der Waals surface area contributed by atoms with Crippen LogP contribution in [0, 0.1) is 17.8 Å². The molecule has 0 heterocycles. The second-order valence-electron chi connectivity index (χ2n) is 5.85. The number of Topliss-reactive ketones (excluding diaryl/α,β-unsaturated/α-hetero) is 1. The Morgan fingerprint density at radius 1 is 1.17 bits per heavy atom. The Kier molecular flexibility index (Phi) is 4.45. The van der Waals surface area contributed by atoms with E-state index in [1.54, 1.807) is 0 Å². The molecule has 0 radical (unpaired) electrons. The van der Waals surface area contributed by atoms with Gasteiger partial charge in [-0.3, -0.25) is 4.79 Å². The van der Waals surface area contributed by atoms with Crippen LogP contribution in [0.4, 0.5) is 0 Å². The average Bonchev–Trinajstić information content (AvgIpc) is 2.31. The molecule has 1 aromatic rings. The Balaban J connectivity index is 2.02. The van der Waals surface area contributed by atoms with E-state index in [1.165, 1.54) is 6.42 Å². The monoisotopic (exact) mass is 264 g/mol. The van der Waals surface area contributed by atoms with Crippen LogP contribution >= 0.6 is 11.6 Å². The van der Waals surface area contributed by atoms with Crippen LogP contribution in [0.25, 0.3) is 0 Å². The van der Waals surface area contributed by atoms with Gasteiger partial charge in [-0.1, -0.05) is 43.6 Å². The predicted octanol–water partition coefficient (Wildman–Crippen LogP) is 4.52. The van der Waals surface area contributed by atoms with E-state index in [-0.39, 0.29) is 5.92 Å². The molecular weight excluding hydrogens is 244 g/mol. The third-order valence-electron chi connectivity index (χ3n) is 3.96. The first-order valence-corrected chi connectivity index (χ1v) is 7.20. The number of benzene rings is 1. The molecule has 1 aromatic carbocycles. The van der Waals surface area contributed by atoms with Gasteiger partial charge in [-0.15, -0.1) is 0 Å². The zero-order chi connectivity index (χ0) is 13.1. The number of hydrogen-bond donors (Lipinski definition) is 0. The molecule has 2 heteroatoms. The lowest BCUT2D eigenvalue weighted by atomic mass is 9.74. The number of carbonyl (C=O) groups excluding carboxylic acids is 1. The Bertz CT molecular complexity index is 417. The van der Waals surface area contributed by atoms with Crippen LogP contribution in [0.1, 0.15) is 38.7 Å². The molecule has 2 rings (SSSR count). The minimum atomic E-state index is 0.236. The molecule has 2 unspecified atom stereocenters. The summed E-state index contributed by atoms with van der Waals surface area (Å²) in [5, 5.41) is 0.711. The van der Waals surface area contributed by atoms with Gasteiger partial charge in [0.25, 0.3) is 0 Å². The Morgan fingerprint density at radius 2 is 1.78 bits per heavy atom. The van der Waals surface area contributed by atoms with Crippen molar-refractivity contribution in [2.45, 2.75) is 39.5 Å². The summed E-state index contributed by atoms with van der Waals surface area (Å²) in [5.41, 5.74) is 0.968. The SMILES string of the molecule is CC1CC(C)CC(C(=O)Cc2ccccc2Cl)C1. The molecule has 1 aliphatic rings. The van der Waals surface area contributed by atoms with E-state index in [0.29, 0.717) is 29.1 Å². The van der Waals surface area contributed by atoms with E-state index in [0.717, 1.165) is 18.4 Å². The standard InChI is InChI=1S/C16H21ClO/c1-11-7-12(2)9-14(8-11)16(18)10-13-5-3-4-6-15(13)17/h3-6,11-12,14H,7-10H2,1-2H3. The fraction of sp³-hybridized carbons (Fsp3) is 0.562. The molecule has 0 aromatic heterocycles. The maximum Gasteiger partial charge on any atom is 0.140 e. The van der Waals surface area contributed by atoms with Gasteiger partial charge in [-0.05, 0) is 42.7 Å². The van der Waals surface area contributed by atoms with Crippen molar-refractivity contribution in [2.24, 2.45) is 17.8 Å². The minimum Gasteiger partial charge on any atom is -0.299 e. The van der Waals surface area contributed by atoms with Crippen molar-refractivity contribution in [3.05, 3.63) is 34.9 Å². The van der Waals surface area contributed by atoms with Gasteiger partial charge in [0.2, 0.25) is 0 Å². The van der Waals surface area contributed by atoms with Gasteiger partial charge in [-0.2, -0.15) is 0 Å². The molecule has 0 bridgehead atoms. The minimum absolute atomic E-state index is 0.236. The van der Waals surface area contributed by atoms with Gasteiger partial charge >= 0.3 is 0 Å². The predicted molar refractivity (Wildman–Crippen MR) is 75.8 cm³/mol. The van der Waals surface area contributed by atoms with Gasteiger partial charge in [0.1, 0.15) is 5.78 Å². The summed E-state index contributed by atoms with van der Waals surface area (Å²) in [5.74, 6) is 1.95. The molecule has 0 aliphatic heterocycles. The van der Waals surface area contributed by atoms with Crippen LogP contribution in [-0.4, -0.2) is 5.78 Å². The van der Waals surface area contributed by atoms with Crippen LogP contribution in [-0.2, 0) is 11.2 Å². The third-order valence-corrected chi connectivity index (χ3v) is 4.33. The van der Waals surface area contributed by atoms with Crippen molar-refractivity contribution in [3.8, 4) is 0 Å². The smallest absolute Gasteiger partial charge is 0.140 e. The molecule has 0 saturated heterocycles. The van der Waals surface area contributed by atoms with Crippen molar-refractivity contribution in [1.29, 1.82) is 0 Å². The summed E-state index contributed by atoms with van der Waals surface area (Å²) in [6.07, 6.45) is 3.85. The van der Waals surface area contributed by atoms with Gasteiger partial charge in [0.05, 0.1) is 0 Å². The lowest BCUT2D eigenvalue weighted by Crippen LogP contribution is -2.27. The van der Waals surface area contributed by atoms with Crippen LogP contribution < -0.4 is 0 Å². The molecule has 1 saturated carbocycles. The summed E-state index contributed by atoms with van der Waals surface area (Å²) in [7, 11) is 0. The molecule has 1 aliphatic carbocycles. The number of halogens is 1. The van der Waals surface area contributed by atoms with Crippen molar-refractivity contribution < 1.29 is 4.79 Å². The van der Waals surface area contributed by atoms with Crippen LogP contribution in [0.3, 0.4) is 0 Å².